The van der Waals surface area contributed by atoms with Gasteiger partial charge in [-0.1, -0.05) is 19.9 Å². The molecule has 0 fully saturated rings. The van der Waals surface area contributed by atoms with Crippen molar-refractivity contribution in [2.24, 2.45) is 5.92 Å². The van der Waals surface area contributed by atoms with Crippen LogP contribution in [0, 0.1) is 5.92 Å². The number of rotatable bonds is 4. The van der Waals surface area contributed by atoms with E-state index in [9.17, 15) is 15.0 Å². The molecular formula is C12H17NO3. The van der Waals surface area contributed by atoms with Crippen molar-refractivity contribution in [2.45, 2.75) is 20.3 Å². The molecule has 16 heavy (non-hydrogen) atoms. The van der Waals surface area contributed by atoms with E-state index in [-0.39, 0.29) is 23.0 Å². The van der Waals surface area contributed by atoms with Crippen molar-refractivity contribution in [3.8, 4) is 11.5 Å². The molecule has 0 spiro atoms. The number of hydrogen-bond donors (Lipinski definition) is 3. The summed E-state index contributed by atoms with van der Waals surface area (Å²) in [6, 6.07) is 4.33. The minimum absolute atomic E-state index is 0.101. The van der Waals surface area contributed by atoms with Gasteiger partial charge >= 0.3 is 0 Å². The van der Waals surface area contributed by atoms with Crippen molar-refractivity contribution in [2.75, 3.05) is 6.54 Å². The number of carbonyl (C=O) groups is 1. The number of phenols is 2. The average Bonchev–Trinajstić information content (AvgIpc) is 2.21. The second-order valence-electron chi connectivity index (χ2n) is 4.11. The first-order valence-electron chi connectivity index (χ1n) is 5.31. The summed E-state index contributed by atoms with van der Waals surface area (Å²) in [6.07, 6.45) is 0.880. The second-order valence-corrected chi connectivity index (χ2v) is 4.11. The topological polar surface area (TPSA) is 69.6 Å². The van der Waals surface area contributed by atoms with Crippen LogP contribution in [-0.2, 0) is 0 Å². The van der Waals surface area contributed by atoms with E-state index in [1.165, 1.54) is 18.2 Å². The smallest absolute Gasteiger partial charge is 0.255 e. The van der Waals surface area contributed by atoms with Crippen molar-refractivity contribution in [1.82, 2.24) is 5.32 Å². The molecule has 1 aromatic rings. The zero-order valence-electron chi connectivity index (χ0n) is 9.53. The van der Waals surface area contributed by atoms with Crippen molar-refractivity contribution < 1.29 is 15.0 Å². The summed E-state index contributed by atoms with van der Waals surface area (Å²) in [5.41, 5.74) is 0.101. The zero-order chi connectivity index (χ0) is 12.1. The lowest BCUT2D eigenvalue weighted by atomic mass is 10.1. The molecular weight excluding hydrogens is 206 g/mol. The van der Waals surface area contributed by atoms with E-state index in [2.05, 4.69) is 19.2 Å². The van der Waals surface area contributed by atoms with E-state index in [0.717, 1.165) is 6.42 Å². The highest BCUT2D eigenvalue weighted by atomic mass is 16.3. The molecule has 0 aliphatic rings. The summed E-state index contributed by atoms with van der Waals surface area (Å²) < 4.78 is 0. The van der Waals surface area contributed by atoms with Gasteiger partial charge in [-0.2, -0.15) is 0 Å². The fraction of sp³-hybridized carbons (Fsp3) is 0.417. The van der Waals surface area contributed by atoms with Crippen LogP contribution in [0.5, 0.6) is 11.5 Å². The molecule has 0 saturated heterocycles. The summed E-state index contributed by atoms with van der Waals surface area (Å²) in [6.45, 7) is 4.70. The minimum Gasteiger partial charge on any atom is -0.504 e. The van der Waals surface area contributed by atoms with Crippen molar-refractivity contribution in [3.63, 3.8) is 0 Å². The number of nitrogens with one attached hydrogen (secondary N) is 1. The quantitative estimate of drug-likeness (QED) is 0.682. The molecule has 4 nitrogen and oxygen atoms in total. The molecule has 0 atom stereocenters. The zero-order valence-corrected chi connectivity index (χ0v) is 9.53. The maximum atomic E-state index is 11.6. The van der Waals surface area contributed by atoms with Crippen molar-refractivity contribution in [3.05, 3.63) is 23.8 Å². The van der Waals surface area contributed by atoms with Gasteiger partial charge in [0.25, 0.3) is 5.91 Å². The lowest BCUT2D eigenvalue weighted by molar-refractivity contribution is 0.0948. The van der Waals surface area contributed by atoms with Crippen LogP contribution in [0.15, 0.2) is 18.2 Å². The summed E-state index contributed by atoms with van der Waals surface area (Å²) in [4.78, 5) is 11.6. The predicted octanol–water partition coefficient (Wildman–Crippen LogP) is 1.87. The van der Waals surface area contributed by atoms with Crippen LogP contribution >= 0.6 is 0 Å². The van der Waals surface area contributed by atoms with Gasteiger partial charge < -0.3 is 15.5 Å². The number of hydrogen-bond acceptors (Lipinski definition) is 3. The molecule has 88 valence electrons. The van der Waals surface area contributed by atoms with E-state index in [1.54, 1.807) is 0 Å². The highest BCUT2D eigenvalue weighted by Crippen LogP contribution is 2.27. The van der Waals surface area contributed by atoms with Gasteiger partial charge in [0.15, 0.2) is 11.5 Å². The van der Waals surface area contributed by atoms with Gasteiger partial charge in [0.1, 0.15) is 0 Å². The van der Waals surface area contributed by atoms with Gasteiger partial charge in [0.05, 0.1) is 5.56 Å². The largest absolute Gasteiger partial charge is 0.504 e. The second kappa shape index (κ2) is 5.39. The Balaban J connectivity index is 2.63. The molecule has 1 amide bonds. The molecule has 0 aliphatic carbocycles. The number of aromatic hydroxyl groups is 2. The number of carbonyl (C=O) groups excluding carboxylic acids is 1. The van der Waals surface area contributed by atoms with Gasteiger partial charge in [-0.25, -0.2) is 0 Å². The van der Waals surface area contributed by atoms with Gasteiger partial charge in [-0.15, -0.1) is 0 Å². The van der Waals surface area contributed by atoms with Gasteiger partial charge in [-0.3, -0.25) is 4.79 Å². The van der Waals surface area contributed by atoms with Crippen LogP contribution in [0.2, 0.25) is 0 Å². The molecule has 0 bridgehead atoms. The van der Waals surface area contributed by atoms with Crippen LogP contribution in [0.1, 0.15) is 30.6 Å². The molecule has 0 aromatic heterocycles. The van der Waals surface area contributed by atoms with Crippen LogP contribution < -0.4 is 5.32 Å². The Kier molecular flexibility index (Phi) is 4.17. The first-order valence-corrected chi connectivity index (χ1v) is 5.31. The van der Waals surface area contributed by atoms with Crippen molar-refractivity contribution >= 4 is 5.91 Å². The lowest BCUT2D eigenvalue weighted by Crippen LogP contribution is -2.25. The van der Waals surface area contributed by atoms with E-state index >= 15 is 0 Å². The Labute approximate surface area is 94.9 Å². The Morgan fingerprint density at radius 3 is 2.69 bits per heavy atom. The predicted molar refractivity (Wildman–Crippen MR) is 61.6 cm³/mol. The number of benzene rings is 1. The summed E-state index contributed by atoms with van der Waals surface area (Å²) in [7, 11) is 0. The lowest BCUT2D eigenvalue weighted by Gasteiger charge is -2.08. The Bertz CT molecular complexity index is 375. The van der Waals surface area contributed by atoms with E-state index in [0.29, 0.717) is 12.5 Å². The number of amides is 1. The van der Waals surface area contributed by atoms with Gasteiger partial charge in [-0.05, 0) is 24.5 Å². The molecule has 0 unspecified atom stereocenters. The summed E-state index contributed by atoms with van der Waals surface area (Å²) in [5, 5.41) is 21.4. The fourth-order valence-electron chi connectivity index (χ4n) is 1.28. The Hall–Kier alpha value is -1.71. The molecule has 0 aliphatic heterocycles. The van der Waals surface area contributed by atoms with E-state index in [4.69, 9.17) is 0 Å². The summed E-state index contributed by atoms with van der Waals surface area (Å²) in [5.74, 6) is -0.506. The maximum absolute atomic E-state index is 11.6. The standard InChI is InChI=1S/C12H17NO3/c1-8(2)6-7-13-12(16)9-4-3-5-10(14)11(9)15/h3-5,8,14-15H,6-7H2,1-2H3,(H,13,16). The van der Waals surface area contributed by atoms with Gasteiger partial charge in [0.2, 0.25) is 0 Å². The molecule has 0 heterocycles. The summed E-state index contributed by atoms with van der Waals surface area (Å²) >= 11 is 0. The molecule has 3 N–H and O–H groups in total. The van der Waals surface area contributed by atoms with E-state index in [1.807, 2.05) is 0 Å². The fourth-order valence-corrected chi connectivity index (χ4v) is 1.28. The molecule has 1 rings (SSSR count). The van der Waals surface area contributed by atoms with Crippen LogP contribution in [-0.4, -0.2) is 22.7 Å². The van der Waals surface area contributed by atoms with Crippen molar-refractivity contribution in [1.29, 1.82) is 0 Å². The first kappa shape index (κ1) is 12.4. The monoisotopic (exact) mass is 223 g/mol. The van der Waals surface area contributed by atoms with Gasteiger partial charge in [0, 0.05) is 6.54 Å². The Morgan fingerprint density at radius 2 is 2.06 bits per heavy atom. The molecule has 1 aromatic carbocycles. The third kappa shape index (κ3) is 3.15. The minimum atomic E-state index is -0.371. The van der Waals surface area contributed by atoms with Crippen LogP contribution in [0.25, 0.3) is 0 Å². The maximum Gasteiger partial charge on any atom is 0.255 e. The average molecular weight is 223 g/mol. The number of para-hydroxylation sites is 1. The third-order valence-corrected chi connectivity index (χ3v) is 2.27. The van der Waals surface area contributed by atoms with Crippen LogP contribution in [0.3, 0.4) is 0 Å². The highest BCUT2D eigenvalue weighted by Gasteiger charge is 2.13. The molecule has 0 saturated carbocycles. The first-order chi connectivity index (χ1) is 7.52. The normalized spacial score (nSPS) is 10.4. The Morgan fingerprint density at radius 1 is 1.38 bits per heavy atom. The number of phenolic OH excluding ortho intramolecular Hbond substituents is 2. The third-order valence-electron chi connectivity index (χ3n) is 2.27. The molecule has 0 radical (unpaired) electrons. The van der Waals surface area contributed by atoms with E-state index < -0.39 is 0 Å². The highest BCUT2D eigenvalue weighted by molar-refractivity contribution is 5.97. The SMILES string of the molecule is CC(C)CCNC(=O)c1cccc(O)c1O. The molecule has 4 heteroatoms. The van der Waals surface area contributed by atoms with Crippen LogP contribution in [0.4, 0.5) is 0 Å².